The molecule has 0 radical (unpaired) electrons. The molecule has 1 N–H and O–H groups in total. The molecule has 48 heavy (non-hydrogen) atoms. The molecule has 0 bridgehead atoms. The summed E-state index contributed by atoms with van der Waals surface area (Å²) < 4.78 is 10.6. The van der Waals surface area contributed by atoms with Crippen molar-refractivity contribution in [2.45, 2.75) is 251 Å². The topological polar surface area (TPSA) is 72.8 Å². The summed E-state index contributed by atoms with van der Waals surface area (Å²) in [7, 11) is 0. The number of unbranched alkanes of at least 4 members (excludes halogenated alkanes) is 32. The Morgan fingerprint density at radius 1 is 0.396 bits per heavy atom. The van der Waals surface area contributed by atoms with Crippen molar-refractivity contribution >= 4 is 11.9 Å². The van der Waals surface area contributed by atoms with Crippen LogP contribution < -0.4 is 0 Å². The van der Waals surface area contributed by atoms with Crippen molar-refractivity contribution in [2.75, 3.05) is 13.2 Å². The Kier molecular flexibility index (Phi) is 39.4. The average molecular weight is 681 g/mol. The van der Waals surface area contributed by atoms with E-state index in [0.717, 1.165) is 32.1 Å². The highest BCUT2D eigenvalue weighted by molar-refractivity contribution is 5.70. The first-order valence-corrected chi connectivity index (χ1v) is 21.6. The third-order valence-corrected chi connectivity index (χ3v) is 9.90. The van der Waals surface area contributed by atoms with Crippen LogP contribution in [0.1, 0.15) is 245 Å². The molecule has 0 rings (SSSR count). The molecule has 0 saturated carbocycles. The molecule has 0 aliphatic rings. The van der Waals surface area contributed by atoms with Crippen molar-refractivity contribution in [3.63, 3.8) is 0 Å². The summed E-state index contributed by atoms with van der Waals surface area (Å²) >= 11 is 0. The molecule has 0 aromatic carbocycles. The fourth-order valence-electron chi connectivity index (χ4n) is 6.62. The number of aliphatic hydroxyl groups is 1. The van der Waals surface area contributed by atoms with Gasteiger partial charge in [0.2, 0.25) is 0 Å². The van der Waals surface area contributed by atoms with Gasteiger partial charge >= 0.3 is 11.9 Å². The van der Waals surface area contributed by atoms with Crippen LogP contribution in [0.4, 0.5) is 0 Å². The quantitative estimate of drug-likeness (QED) is 0.0515. The molecule has 286 valence electrons. The zero-order valence-corrected chi connectivity index (χ0v) is 32.5. The maximum absolute atomic E-state index is 12.2. The highest BCUT2D eigenvalue weighted by Crippen LogP contribution is 2.16. The normalized spacial score (nSPS) is 12.0. The minimum absolute atomic E-state index is 0.0565. The number of hydrogen-bond acceptors (Lipinski definition) is 5. The minimum atomic E-state index is -0.761. The van der Waals surface area contributed by atoms with Crippen molar-refractivity contribution in [1.82, 2.24) is 0 Å². The first-order chi connectivity index (χ1) is 23.6. The van der Waals surface area contributed by atoms with Gasteiger partial charge in [-0.2, -0.15) is 0 Å². The predicted octanol–water partition coefficient (Wildman–Crippen LogP) is 13.5. The van der Waals surface area contributed by atoms with Crippen molar-refractivity contribution in [3.8, 4) is 0 Å². The first-order valence-electron chi connectivity index (χ1n) is 21.6. The van der Waals surface area contributed by atoms with Crippen molar-refractivity contribution in [3.05, 3.63) is 0 Å². The summed E-state index contributed by atoms with van der Waals surface area (Å²) in [6, 6.07) is 0. The summed E-state index contributed by atoms with van der Waals surface area (Å²) in [6.45, 7) is 4.17. The Morgan fingerprint density at radius 3 is 0.917 bits per heavy atom. The van der Waals surface area contributed by atoms with E-state index < -0.39 is 6.10 Å². The predicted molar refractivity (Wildman–Crippen MR) is 205 cm³/mol. The largest absolute Gasteiger partial charge is 0.462 e. The van der Waals surface area contributed by atoms with Gasteiger partial charge in [-0.1, -0.05) is 219 Å². The molecule has 0 aromatic rings. The molecular formula is C43H84O5. The van der Waals surface area contributed by atoms with E-state index in [1.807, 2.05) is 0 Å². The monoisotopic (exact) mass is 681 g/mol. The molecule has 0 fully saturated rings. The van der Waals surface area contributed by atoms with Crippen LogP contribution >= 0.6 is 0 Å². The van der Waals surface area contributed by atoms with Crippen molar-refractivity contribution < 1.29 is 24.2 Å². The number of aliphatic hydroxyl groups excluding tert-OH is 1. The molecule has 0 saturated heterocycles. The van der Waals surface area contributed by atoms with E-state index in [4.69, 9.17) is 9.47 Å². The summed E-state index contributed by atoms with van der Waals surface area (Å²) in [5.41, 5.74) is 0. The third-order valence-electron chi connectivity index (χ3n) is 9.90. The summed E-state index contributed by atoms with van der Waals surface area (Å²) in [5, 5.41) is 9.56. The summed E-state index contributed by atoms with van der Waals surface area (Å²) in [5.74, 6) is -0.572. The van der Waals surface area contributed by atoms with Crippen molar-refractivity contribution in [2.24, 2.45) is 0 Å². The van der Waals surface area contributed by atoms with Gasteiger partial charge in [-0.25, -0.2) is 0 Å². The van der Waals surface area contributed by atoms with Crippen LogP contribution in [0.2, 0.25) is 0 Å². The molecule has 5 nitrogen and oxygen atoms in total. The second-order valence-corrected chi connectivity index (χ2v) is 14.8. The first kappa shape index (κ1) is 46.9. The standard InChI is InChI=1S/C43H84O5/c1-3-5-7-9-11-13-15-17-19-20-21-22-23-24-26-27-29-31-33-35-37-42(45)47-40-41(39-44)48-43(46)38-36-34-32-30-28-25-18-16-14-12-10-8-6-4-2/h41,44H,3-40H2,1-2H3/t41-/m0/s1. The zero-order chi connectivity index (χ0) is 35.0. The van der Waals surface area contributed by atoms with Gasteiger partial charge in [0.25, 0.3) is 0 Å². The molecule has 1 atom stereocenters. The summed E-state index contributed by atoms with van der Waals surface area (Å²) in [6.07, 6.45) is 44.6. The van der Waals surface area contributed by atoms with E-state index in [0.29, 0.717) is 12.8 Å². The smallest absolute Gasteiger partial charge is 0.306 e. The Bertz CT molecular complexity index is 651. The van der Waals surface area contributed by atoms with Gasteiger partial charge in [0.15, 0.2) is 6.10 Å². The molecule has 0 aliphatic heterocycles. The lowest BCUT2D eigenvalue weighted by Gasteiger charge is -2.15. The van der Waals surface area contributed by atoms with Crippen LogP contribution in [0, 0.1) is 0 Å². The van der Waals surface area contributed by atoms with Gasteiger partial charge in [-0.05, 0) is 12.8 Å². The van der Waals surface area contributed by atoms with Gasteiger partial charge in [-0.15, -0.1) is 0 Å². The Morgan fingerprint density at radius 2 is 0.646 bits per heavy atom. The molecule has 5 heteroatoms. The highest BCUT2D eigenvalue weighted by Gasteiger charge is 2.16. The van der Waals surface area contributed by atoms with Crippen LogP contribution in [-0.2, 0) is 19.1 Å². The fourth-order valence-corrected chi connectivity index (χ4v) is 6.62. The molecular weight excluding hydrogens is 596 g/mol. The number of carbonyl (C=O) groups is 2. The Hall–Kier alpha value is -1.10. The molecule has 0 aliphatic carbocycles. The van der Waals surface area contributed by atoms with Crippen molar-refractivity contribution in [1.29, 1.82) is 0 Å². The number of esters is 2. The van der Waals surface area contributed by atoms with Crippen LogP contribution in [0.3, 0.4) is 0 Å². The lowest BCUT2D eigenvalue weighted by atomic mass is 10.0. The lowest BCUT2D eigenvalue weighted by Crippen LogP contribution is -2.28. The van der Waals surface area contributed by atoms with Gasteiger partial charge in [-0.3, -0.25) is 9.59 Å². The maximum Gasteiger partial charge on any atom is 0.306 e. The average Bonchev–Trinajstić information content (AvgIpc) is 3.09. The van der Waals surface area contributed by atoms with Crippen LogP contribution in [0.15, 0.2) is 0 Å². The minimum Gasteiger partial charge on any atom is -0.462 e. The second-order valence-electron chi connectivity index (χ2n) is 14.8. The molecule has 0 aromatic heterocycles. The number of ether oxygens (including phenoxy) is 2. The van der Waals surface area contributed by atoms with Crippen LogP contribution in [-0.4, -0.2) is 36.4 Å². The molecule has 0 heterocycles. The van der Waals surface area contributed by atoms with E-state index in [1.54, 1.807) is 0 Å². The molecule has 0 amide bonds. The van der Waals surface area contributed by atoms with E-state index in [1.165, 1.54) is 186 Å². The zero-order valence-electron chi connectivity index (χ0n) is 32.5. The van der Waals surface area contributed by atoms with E-state index >= 15 is 0 Å². The maximum atomic E-state index is 12.2. The van der Waals surface area contributed by atoms with Gasteiger partial charge in [0.1, 0.15) is 6.61 Å². The van der Waals surface area contributed by atoms with E-state index in [-0.39, 0.29) is 25.2 Å². The van der Waals surface area contributed by atoms with Crippen LogP contribution in [0.5, 0.6) is 0 Å². The number of rotatable bonds is 40. The Labute approximate surface area is 299 Å². The van der Waals surface area contributed by atoms with E-state index in [2.05, 4.69) is 13.8 Å². The highest BCUT2D eigenvalue weighted by atomic mass is 16.6. The molecule has 0 spiro atoms. The second kappa shape index (κ2) is 40.3. The van der Waals surface area contributed by atoms with E-state index in [9.17, 15) is 14.7 Å². The fraction of sp³-hybridized carbons (Fsp3) is 0.953. The molecule has 0 unspecified atom stereocenters. The number of hydrogen-bond donors (Lipinski definition) is 1. The lowest BCUT2D eigenvalue weighted by molar-refractivity contribution is -0.161. The number of carbonyl (C=O) groups excluding carboxylic acids is 2. The van der Waals surface area contributed by atoms with Gasteiger partial charge < -0.3 is 14.6 Å². The third kappa shape index (κ3) is 37.7. The summed E-state index contributed by atoms with van der Waals surface area (Å²) in [4.78, 5) is 24.3. The van der Waals surface area contributed by atoms with Gasteiger partial charge in [0.05, 0.1) is 6.61 Å². The SMILES string of the molecule is CCCCCCCCCCCCCCCCCCCCCCC(=O)OC[C@H](CO)OC(=O)CCCCCCCCCCCCCCCC. The van der Waals surface area contributed by atoms with Crippen LogP contribution in [0.25, 0.3) is 0 Å². The van der Waals surface area contributed by atoms with Gasteiger partial charge in [0, 0.05) is 12.8 Å². The Balaban J connectivity index is 3.45.